The van der Waals surface area contributed by atoms with Crippen LogP contribution in [0.25, 0.3) is 11.4 Å². The van der Waals surface area contributed by atoms with E-state index in [0.29, 0.717) is 11.4 Å². The number of nitrogens with one attached hydrogen (secondary N) is 1. The van der Waals surface area contributed by atoms with E-state index in [1.165, 1.54) is 0 Å². The molecule has 0 amide bonds. The molecule has 0 radical (unpaired) electrons. The number of benzene rings is 1. The summed E-state index contributed by atoms with van der Waals surface area (Å²) in [7, 11) is 0. The summed E-state index contributed by atoms with van der Waals surface area (Å²) >= 11 is 0. The standard InChI is InChI=1S/C12H13F2N3/c1-6(2)11-5-16-12(17-11)7-3-8(13)9(14)4-10(7)15/h3-6H,15H2,1-2H3,(H,16,17). The molecule has 90 valence electrons. The minimum absolute atomic E-state index is 0.161. The van der Waals surface area contributed by atoms with Gasteiger partial charge < -0.3 is 10.7 Å². The van der Waals surface area contributed by atoms with Crippen LogP contribution in [-0.4, -0.2) is 9.97 Å². The quantitative estimate of drug-likeness (QED) is 0.789. The van der Waals surface area contributed by atoms with Crippen molar-refractivity contribution in [1.29, 1.82) is 0 Å². The SMILES string of the molecule is CC(C)c1cnc(-c2cc(F)c(F)cc2N)[nH]1. The van der Waals surface area contributed by atoms with E-state index in [1.807, 2.05) is 13.8 Å². The Balaban J connectivity index is 2.49. The Hall–Kier alpha value is -1.91. The molecule has 2 rings (SSSR count). The highest BCUT2D eigenvalue weighted by Crippen LogP contribution is 2.27. The summed E-state index contributed by atoms with van der Waals surface area (Å²) in [5.74, 6) is -1.16. The van der Waals surface area contributed by atoms with Crippen molar-refractivity contribution in [3.05, 3.63) is 35.7 Å². The molecule has 1 aromatic carbocycles. The van der Waals surface area contributed by atoms with Crippen LogP contribution >= 0.6 is 0 Å². The average Bonchev–Trinajstić information content (AvgIpc) is 2.72. The number of rotatable bonds is 2. The van der Waals surface area contributed by atoms with Gasteiger partial charge in [0.2, 0.25) is 0 Å². The number of hydrogen-bond donors (Lipinski definition) is 2. The zero-order valence-corrected chi connectivity index (χ0v) is 9.59. The van der Waals surface area contributed by atoms with Gasteiger partial charge in [0.1, 0.15) is 5.82 Å². The van der Waals surface area contributed by atoms with E-state index in [-0.39, 0.29) is 11.6 Å². The van der Waals surface area contributed by atoms with E-state index < -0.39 is 11.6 Å². The van der Waals surface area contributed by atoms with E-state index in [1.54, 1.807) is 6.20 Å². The van der Waals surface area contributed by atoms with Gasteiger partial charge >= 0.3 is 0 Å². The minimum atomic E-state index is -0.957. The van der Waals surface area contributed by atoms with Crippen LogP contribution in [-0.2, 0) is 0 Å². The van der Waals surface area contributed by atoms with Crippen LogP contribution in [0.3, 0.4) is 0 Å². The molecule has 0 bridgehead atoms. The molecule has 0 atom stereocenters. The number of aromatic amines is 1. The Morgan fingerprint density at radius 3 is 2.47 bits per heavy atom. The second kappa shape index (κ2) is 4.16. The van der Waals surface area contributed by atoms with Crippen molar-refractivity contribution < 1.29 is 8.78 Å². The number of aromatic nitrogens is 2. The Bertz CT molecular complexity index is 547. The first-order chi connectivity index (χ1) is 7.99. The van der Waals surface area contributed by atoms with E-state index in [2.05, 4.69) is 9.97 Å². The predicted octanol–water partition coefficient (Wildman–Crippen LogP) is 3.06. The molecule has 3 nitrogen and oxygen atoms in total. The third-order valence-corrected chi connectivity index (χ3v) is 2.57. The molecule has 1 heterocycles. The fourth-order valence-corrected chi connectivity index (χ4v) is 1.53. The molecule has 3 N–H and O–H groups in total. The van der Waals surface area contributed by atoms with Gasteiger partial charge in [-0.05, 0) is 12.0 Å². The van der Waals surface area contributed by atoms with Gasteiger partial charge in [0.05, 0.1) is 0 Å². The Labute approximate surface area is 97.7 Å². The van der Waals surface area contributed by atoms with Gasteiger partial charge in [-0.1, -0.05) is 13.8 Å². The van der Waals surface area contributed by atoms with Crippen LogP contribution in [0.2, 0.25) is 0 Å². The summed E-state index contributed by atoms with van der Waals surface area (Å²) in [5.41, 5.74) is 7.09. The van der Waals surface area contributed by atoms with Crippen LogP contribution < -0.4 is 5.73 Å². The van der Waals surface area contributed by atoms with Crippen LogP contribution in [0.1, 0.15) is 25.5 Å². The van der Waals surface area contributed by atoms with Gasteiger partial charge in [0.25, 0.3) is 0 Å². The van der Waals surface area contributed by atoms with Crippen molar-refractivity contribution in [2.45, 2.75) is 19.8 Å². The lowest BCUT2D eigenvalue weighted by Gasteiger charge is -2.04. The molecule has 0 aliphatic rings. The summed E-state index contributed by atoms with van der Waals surface area (Å²) in [6.45, 7) is 4.01. The number of halogens is 2. The number of nitrogens with two attached hydrogens (primary N) is 1. The highest BCUT2D eigenvalue weighted by atomic mass is 19.2. The maximum Gasteiger partial charge on any atom is 0.160 e. The third-order valence-electron chi connectivity index (χ3n) is 2.57. The molecule has 0 unspecified atom stereocenters. The average molecular weight is 237 g/mol. The molecule has 0 aliphatic carbocycles. The number of anilines is 1. The van der Waals surface area contributed by atoms with Crippen LogP contribution in [0.4, 0.5) is 14.5 Å². The Kier molecular flexibility index (Phi) is 2.83. The molecule has 1 aromatic heterocycles. The van der Waals surface area contributed by atoms with Crippen LogP contribution in [0.5, 0.6) is 0 Å². The van der Waals surface area contributed by atoms with Gasteiger partial charge in [-0.25, -0.2) is 13.8 Å². The zero-order valence-electron chi connectivity index (χ0n) is 9.59. The van der Waals surface area contributed by atoms with Crippen LogP contribution in [0.15, 0.2) is 18.3 Å². The molecule has 0 aliphatic heterocycles. The summed E-state index contributed by atoms with van der Waals surface area (Å²) in [6.07, 6.45) is 1.67. The van der Waals surface area contributed by atoms with Crippen molar-refractivity contribution >= 4 is 5.69 Å². The highest BCUT2D eigenvalue weighted by Gasteiger charge is 2.13. The van der Waals surface area contributed by atoms with Gasteiger partial charge in [0, 0.05) is 29.2 Å². The van der Waals surface area contributed by atoms with Crippen molar-refractivity contribution in [1.82, 2.24) is 9.97 Å². The van der Waals surface area contributed by atoms with Crippen LogP contribution in [0, 0.1) is 11.6 Å². The molecule has 17 heavy (non-hydrogen) atoms. The van der Waals surface area contributed by atoms with Crippen molar-refractivity contribution in [2.24, 2.45) is 0 Å². The van der Waals surface area contributed by atoms with Gasteiger partial charge in [0.15, 0.2) is 11.6 Å². The summed E-state index contributed by atoms with van der Waals surface area (Å²) in [5, 5.41) is 0. The molecule has 5 heteroatoms. The monoisotopic (exact) mass is 237 g/mol. The van der Waals surface area contributed by atoms with Crippen molar-refractivity contribution in [2.75, 3.05) is 5.73 Å². The lowest BCUT2D eigenvalue weighted by Crippen LogP contribution is -1.96. The number of imidazole rings is 1. The largest absolute Gasteiger partial charge is 0.398 e. The molecule has 2 aromatic rings. The van der Waals surface area contributed by atoms with E-state index in [0.717, 1.165) is 17.8 Å². The lowest BCUT2D eigenvalue weighted by molar-refractivity contribution is 0.509. The fourth-order valence-electron chi connectivity index (χ4n) is 1.53. The highest BCUT2D eigenvalue weighted by molar-refractivity contribution is 5.71. The van der Waals surface area contributed by atoms with E-state index in [4.69, 9.17) is 5.73 Å². The summed E-state index contributed by atoms with van der Waals surface area (Å²) in [4.78, 5) is 7.15. The van der Waals surface area contributed by atoms with Crippen molar-refractivity contribution in [3.8, 4) is 11.4 Å². The van der Waals surface area contributed by atoms with E-state index >= 15 is 0 Å². The van der Waals surface area contributed by atoms with Gasteiger partial charge in [-0.2, -0.15) is 0 Å². The first-order valence-electron chi connectivity index (χ1n) is 5.29. The second-order valence-electron chi connectivity index (χ2n) is 4.20. The first kappa shape index (κ1) is 11.6. The Morgan fingerprint density at radius 2 is 1.88 bits per heavy atom. The summed E-state index contributed by atoms with van der Waals surface area (Å²) < 4.78 is 26.1. The molecule has 0 fully saturated rings. The maximum atomic E-state index is 13.1. The molecular weight excluding hydrogens is 224 g/mol. The topological polar surface area (TPSA) is 54.7 Å². The lowest BCUT2D eigenvalue weighted by atomic mass is 10.1. The molecule has 0 saturated heterocycles. The maximum absolute atomic E-state index is 13.1. The number of hydrogen-bond acceptors (Lipinski definition) is 2. The van der Waals surface area contributed by atoms with Gasteiger partial charge in [-0.3, -0.25) is 0 Å². The zero-order chi connectivity index (χ0) is 12.6. The smallest absolute Gasteiger partial charge is 0.160 e. The fraction of sp³-hybridized carbons (Fsp3) is 0.250. The van der Waals surface area contributed by atoms with Gasteiger partial charge in [-0.15, -0.1) is 0 Å². The molecular formula is C12H13F2N3. The normalized spacial score (nSPS) is 11.1. The number of nitrogen functional groups attached to an aromatic ring is 1. The summed E-state index contributed by atoms with van der Waals surface area (Å²) in [6, 6.07) is 2.01. The number of H-pyrrole nitrogens is 1. The minimum Gasteiger partial charge on any atom is -0.398 e. The first-order valence-corrected chi connectivity index (χ1v) is 5.29. The molecule has 0 spiro atoms. The molecule has 0 saturated carbocycles. The number of nitrogens with zero attached hydrogens (tertiary/aromatic N) is 1. The third kappa shape index (κ3) is 2.13. The van der Waals surface area contributed by atoms with E-state index in [9.17, 15) is 8.78 Å². The Morgan fingerprint density at radius 1 is 1.24 bits per heavy atom. The van der Waals surface area contributed by atoms with Crippen molar-refractivity contribution in [3.63, 3.8) is 0 Å². The second-order valence-corrected chi connectivity index (χ2v) is 4.20. The predicted molar refractivity (Wildman–Crippen MR) is 62.4 cm³/mol.